The molecule has 3 aliphatic heterocycles. The van der Waals surface area contributed by atoms with Gasteiger partial charge in [0, 0.05) is 22.3 Å². The summed E-state index contributed by atoms with van der Waals surface area (Å²) in [5.74, 6) is -2.98. The Morgan fingerprint density at radius 1 is 0.865 bits per heavy atom. The molecule has 0 radical (unpaired) electrons. The van der Waals surface area contributed by atoms with Crippen LogP contribution in [0.3, 0.4) is 0 Å². The summed E-state index contributed by atoms with van der Waals surface area (Å²) in [5.41, 5.74) is 2.91. The first-order valence-electron chi connectivity index (χ1n) is 11.8. The molecule has 3 aromatic carbocycles. The molecule has 6 rings (SSSR count). The number of halogens is 2. The lowest BCUT2D eigenvalue weighted by molar-refractivity contribution is -0.123. The summed E-state index contributed by atoms with van der Waals surface area (Å²) in [6, 6.07) is 17.2. The number of imide groups is 1. The fraction of sp³-hybridized carbons (Fsp3) is 0.172. The van der Waals surface area contributed by atoms with Gasteiger partial charge in [0.1, 0.15) is 6.04 Å². The molecule has 0 N–H and O–H groups in total. The van der Waals surface area contributed by atoms with Crippen LogP contribution < -0.4 is 4.90 Å². The van der Waals surface area contributed by atoms with E-state index < -0.39 is 29.8 Å². The molecule has 3 heterocycles. The number of Topliss-reactive ketones (excluding diaryl/α,β-unsaturated/α-hetero) is 2. The van der Waals surface area contributed by atoms with Crippen LogP contribution in [0.2, 0.25) is 10.0 Å². The highest BCUT2D eigenvalue weighted by atomic mass is 35.5. The Bertz CT molecular complexity index is 1530. The van der Waals surface area contributed by atoms with Gasteiger partial charge in [-0.2, -0.15) is 0 Å². The van der Waals surface area contributed by atoms with E-state index >= 15 is 0 Å². The number of carbonyl (C=O) groups is 4. The maximum absolute atomic E-state index is 14.0. The SMILES string of the molecule is CC(=O)c1ccc(N2C(=O)[C@@H]3[C@H](C2=O)[C@H]2c4ccccc4C=CN2[C@H]3C(=O)c2ccc(Cl)cc2Cl)cc1. The zero-order valence-electron chi connectivity index (χ0n) is 19.6. The van der Waals surface area contributed by atoms with Gasteiger partial charge in [-0.3, -0.25) is 19.2 Å². The van der Waals surface area contributed by atoms with Gasteiger partial charge >= 0.3 is 0 Å². The average Bonchev–Trinajstić information content (AvgIpc) is 3.36. The van der Waals surface area contributed by atoms with Crippen molar-refractivity contribution < 1.29 is 19.2 Å². The van der Waals surface area contributed by atoms with Crippen molar-refractivity contribution in [2.24, 2.45) is 11.8 Å². The van der Waals surface area contributed by atoms with E-state index in [1.165, 1.54) is 13.0 Å². The second-order valence-electron chi connectivity index (χ2n) is 9.44. The number of nitrogens with zero attached hydrogens (tertiary/aromatic N) is 2. The zero-order chi connectivity index (χ0) is 26.0. The summed E-state index contributed by atoms with van der Waals surface area (Å²) in [6.45, 7) is 1.45. The Morgan fingerprint density at radius 3 is 2.27 bits per heavy atom. The van der Waals surface area contributed by atoms with E-state index in [1.54, 1.807) is 42.6 Å². The smallest absolute Gasteiger partial charge is 0.240 e. The fourth-order valence-corrected chi connectivity index (χ4v) is 6.31. The standard InChI is InChI=1S/C29H20Cl2N2O4/c1-15(34)16-6-9-19(10-7-16)33-28(36)23-24(29(33)37)26(27(35)21-11-8-18(30)14-22(21)31)32-13-12-17-4-2-3-5-20(17)25(23)32/h2-14,23-26H,1H3/t23-,24+,25+,26+/m0/s1. The fourth-order valence-electron chi connectivity index (χ4n) is 5.81. The Labute approximate surface area is 223 Å². The molecule has 3 aromatic rings. The van der Waals surface area contributed by atoms with Gasteiger partial charge < -0.3 is 4.90 Å². The van der Waals surface area contributed by atoms with Gasteiger partial charge in [-0.15, -0.1) is 0 Å². The molecular weight excluding hydrogens is 511 g/mol. The van der Waals surface area contributed by atoms with Crippen molar-refractivity contribution in [3.8, 4) is 0 Å². The number of ketones is 2. The van der Waals surface area contributed by atoms with Gasteiger partial charge in [-0.25, -0.2) is 4.90 Å². The number of anilines is 1. The Hall–Kier alpha value is -3.74. The number of rotatable bonds is 4. The van der Waals surface area contributed by atoms with Crippen LogP contribution in [0.15, 0.2) is 72.9 Å². The van der Waals surface area contributed by atoms with E-state index in [2.05, 4.69) is 0 Å². The molecule has 0 bridgehead atoms. The van der Waals surface area contributed by atoms with Crippen molar-refractivity contribution in [1.82, 2.24) is 4.90 Å². The van der Waals surface area contributed by atoms with Gasteiger partial charge in [0.25, 0.3) is 0 Å². The second kappa shape index (κ2) is 8.68. The number of hydrogen-bond donors (Lipinski definition) is 0. The number of hydrogen-bond acceptors (Lipinski definition) is 5. The first-order chi connectivity index (χ1) is 17.8. The molecule has 0 unspecified atom stereocenters. The molecule has 0 aliphatic carbocycles. The van der Waals surface area contributed by atoms with Crippen LogP contribution in [-0.4, -0.2) is 34.3 Å². The lowest BCUT2D eigenvalue weighted by Crippen LogP contribution is -2.44. The third-order valence-corrected chi connectivity index (χ3v) is 8.01. The van der Waals surface area contributed by atoms with E-state index in [-0.39, 0.29) is 28.1 Å². The quantitative estimate of drug-likeness (QED) is 0.324. The first kappa shape index (κ1) is 23.6. The van der Waals surface area contributed by atoms with Crippen molar-refractivity contribution in [2.75, 3.05) is 4.90 Å². The predicted octanol–water partition coefficient (Wildman–Crippen LogP) is 5.59. The number of amides is 2. The number of carbonyl (C=O) groups excluding carboxylic acids is 4. The molecule has 0 spiro atoms. The first-order valence-corrected chi connectivity index (χ1v) is 12.6. The van der Waals surface area contributed by atoms with Crippen LogP contribution in [0.1, 0.15) is 44.8 Å². The van der Waals surface area contributed by atoms with Crippen LogP contribution in [-0.2, 0) is 9.59 Å². The largest absolute Gasteiger partial charge is 0.358 e. The molecule has 4 atom stereocenters. The lowest BCUT2D eigenvalue weighted by atomic mass is 9.83. The molecule has 3 aliphatic rings. The summed E-state index contributed by atoms with van der Waals surface area (Å²) in [6.07, 6.45) is 3.69. The third kappa shape index (κ3) is 3.55. The van der Waals surface area contributed by atoms with Crippen LogP contribution in [0.4, 0.5) is 5.69 Å². The molecule has 184 valence electrons. The minimum atomic E-state index is -0.934. The summed E-state index contributed by atoms with van der Waals surface area (Å²) in [4.78, 5) is 56.6. The molecule has 6 nitrogen and oxygen atoms in total. The van der Waals surface area contributed by atoms with E-state index in [0.29, 0.717) is 16.3 Å². The maximum Gasteiger partial charge on any atom is 0.240 e. The van der Waals surface area contributed by atoms with Crippen LogP contribution in [0, 0.1) is 11.8 Å². The van der Waals surface area contributed by atoms with Gasteiger partial charge in [-0.1, -0.05) is 47.5 Å². The van der Waals surface area contributed by atoms with Gasteiger partial charge in [0.2, 0.25) is 11.8 Å². The van der Waals surface area contributed by atoms with E-state index in [9.17, 15) is 19.2 Å². The predicted molar refractivity (Wildman–Crippen MR) is 141 cm³/mol. The van der Waals surface area contributed by atoms with Gasteiger partial charge in [0.05, 0.1) is 28.6 Å². The Balaban J connectivity index is 1.48. The van der Waals surface area contributed by atoms with Crippen molar-refractivity contribution in [3.63, 3.8) is 0 Å². The van der Waals surface area contributed by atoms with E-state index in [0.717, 1.165) is 16.0 Å². The number of fused-ring (bicyclic) bond motifs is 5. The minimum Gasteiger partial charge on any atom is -0.358 e. The van der Waals surface area contributed by atoms with Crippen molar-refractivity contribution in [3.05, 3.63) is 105 Å². The Morgan fingerprint density at radius 2 is 1.57 bits per heavy atom. The van der Waals surface area contributed by atoms with Crippen molar-refractivity contribution in [2.45, 2.75) is 19.0 Å². The average molecular weight is 531 g/mol. The zero-order valence-corrected chi connectivity index (χ0v) is 21.1. The van der Waals surface area contributed by atoms with Crippen molar-refractivity contribution >= 4 is 58.3 Å². The van der Waals surface area contributed by atoms with Gasteiger partial charge in [-0.05, 0) is 66.6 Å². The molecule has 37 heavy (non-hydrogen) atoms. The van der Waals surface area contributed by atoms with Crippen molar-refractivity contribution in [1.29, 1.82) is 0 Å². The highest BCUT2D eigenvalue weighted by Crippen LogP contribution is 2.54. The summed E-state index contributed by atoms with van der Waals surface area (Å²) < 4.78 is 0. The second-order valence-corrected chi connectivity index (χ2v) is 10.3. The lowest BCUT2D eigenvalue weighted by Gasteiger charge is -2.35. The molecular formula is C29H20Cl2N2O4. The van der Waals surface area contributed by atoms with Crippen LogP contribution in [0.5, 0.6) is 0 Å². The van der Waals surface area contributed by atoms with E-state index in [4.69, 9.17) is 23.2 Å². The molecule has 8 heteroatoms. The van der Waals surface area contributed by atoms with E-state index in [1.807, 2.05) is 35.2 Å². The summed E-state index contributed by atoms with van der Waals surface area (Å²) in [7, 11) is 0. The summed E-state index contributed by atoms with van der Waals surface area (Å²) >= 11 is 12.5. The minimum absolute atomic E-state index is 0.116. The Kier molecular flexibility index (Phi) is 5.55. The highest BCUT2D eigenvalue weighted by molar-refractivity contribution is 6.37. The third-order valence-electron chi connectivity index (χ3n) is 7.46. The summed E-state index contributed by atoms with van der Waals surface area (Å²) in [5, 5.41) is 0.579. The van der Waals surface area contributed by atoms with Crippen LogP contribution in [0.25, 0.3) is 6.08 Å². The molecule has 2 amide bonds. The molecule has 0 saturated carbocycles. The molecule has 0 aromatic heterocycles. The highest BCUT2D eigenvalue weighted by Gasteiger charge is 2.64. The molecule has 2 saturated heterocycles. The topological polar surface area (TPSA) is 74.8 Å². The normalized spacial score (nSPS) is 23.6. The number of benzene rings is 3. The van der Waals surface area contributed by atoms with Gasteiger partial charge in [0.15, 0.2) is 11.6 Å². The molecule has 2 fully saturated rings. The monoisotopic (exact) mass is 530 g/mol. The maximum atomic E-state index is 14.0. The van der Waals surface area contributed by atoms with Crippen LogP contribution >= 0.6 is 23.2 Å².